The molecule has 0 unspecified atom stereocenters. The second-order valence-corrected chi connectivity index (χ2v) is 4.02. The molecule has 1 aromatic heterocycles. The van der Waals surface area contributed by atoms with Gasteiger partial charge in [-0.3, -0.25) is 9.88 Å². The summed E-state index contributed by atoms with van der Waals surface area (Å²) in [5, 5.41) is 10.7. The summed E-state index contributed by atoms with van der Waals surface area (Å²) in [5.41, 5.74) is 1.75. The highest BCUT2D eigenvalue weighted by molar-refractivity contribution is 5.87. The number of benzene rings is 1. The number of fused-ring (bicyclic) bond motifs is 1. The molecule has 0 saturated carbocycles. The maximum atomic E-state index is 9.72. The van der Waals surface area contributed by atoms with Gasteiger partial charge < -0.3 is 5.11 Å². The Balaban J connectivity index is 0.00000162. The zero-order valence-corrected chi connectivity index (χ0v) is 12.2. The summed E-state index contributed by atoms with van der Waals surface area (Å²) in [6.45, 7) is 1.34. The Morgan fingerprint density at radius 2 is 2.05 bits per heavy atom. The Hall–Kier alpha value is -1.47. The predicted molar refractivity (Wildman–Crippen MR) is 83.1 cm³/mol. The van der Waals surface area contributed by atoms with Gasteiger partial charge >= 0.3 is 0 Å². The molecule has 1 heterocycles. The van der Waals surface area contributed by atoms with E-state index in [0.29, 0.717) is 12.1 Å². The number of terminal acetylenes is 1. The van der Waals surface area contributed by atoms with Crippen molar-refractivity contribution in [2.45, 2.75) is 6.54 Å². The number of phenolic OH excluding ortho intramolecular Hbond substituents is 1. The third kappa shape index (κ3) is 4.00. The van der Waals surface area contributed by atoms with E-state index in [9.17, 15) is 5.11 Å². The molecular formula is C14H16Cl2N2O. The number of hydrogen-bond acceptors (Lipinski definition) is 3. The van der Waals surface area contributed by atoms with Crippen LogP contribution >= 0.6 is 24.8 Å². The largest absolute Gasteiger partial charge is 0.506 e. The number of aromatic nitrogens is 1. The van der Waals surface area contributed by atoms with Crippen molar-refractivity contribution in [3.8, 4) is 18.1 Å². The molecule has 0 bridgehead atoms. The van der Waals surface area contributed by atoms with Crippen LogP contribution in [0.4, 0.5) is 0 Å². The van der Waals surface area contributed by atoms with Crippen molar-refractivity contribution in [3.05, 3.63) is 36.0 Å². The monoisotopic (exact) mass is 298 g/mol. The molecule has 5 heteroatoms. The first-order chi connectivity index (χ1) is 8.22. The molecular weight excluding hydrogens is 283 g/mol. The zero-order chi connectivity index (χ0) is 12.3. The molecule has 2 aromatic rings. The lowest BCUT2D eigenvalue weighted by atomic mass is 10.1. The van der Waals surface area contributed by atoms with Crippen LogP contribution in [0.5, 0.6) is 5.75 Å². The van der Waals surface area contributed by atoms with Crippen molar-refractivity contribution in [2.24, 2.45) is 0 Å². The lowest BCUT2D eigenvalue weighted by Crippen LogP contribution is -2.17. The van der Waals surface area contributed by atoms with Gasteiger partial charge in [0.15, 0.2) is 0 Å². The number of nitrogens with zero attached hydrogens (tertiary/aromatic N) is 2. The highest BCUT2D eigenvalue weighted by Crippen LogP contribution is 2.25. The highest BCUT2D eigenvalue weighted by atomic mass is 35.5. The molecule has 0 fully saturated rings. The molecule has 1 aromatic carbocycles. The molecule has 0 aliphatic carbocycles. The Kier molecular flexibility index (Phi) is 7.25. The van der Waals surface area contributed by atoms with E-state index in [1.165, 1.54) is 0 Å². The molecule has 0 atom stereocenters. The van der Waals surface area contributed by atoms with Gasteiger partial charge in [-0.1, -0.05) is 18.1 Å². The summed E-state index contributed by atoms with van der Waals surface area (Å²) in [5.74, 6) is 2.82. The Labute approximate surface area is 125 Å². The minimum absolute atomic E-state index is 0. The van der Waals surface area contributed by atoms with Crippen LogP contribution in [0.3, 0.4) is 0 Å². The smallest absolute Gasteiger partial charge is 0.141 e. The molecule has 0 spiro atoms. The minimum Gasteiger partial charge on any atom is -0.506 e. The van der Waals surface area contributed by atoms with Crippen molar-refractivity contribution < 1.29 is 5.11 Å². The molecule has 0 amide bonds. The van der Waals surface area contributed by atoms with E-state index < -0.39 is 0 Å². The SMILES string of the molecule is C#CCN(C)Cc1ccc(O)c2ncccc12.Cl.Cl. The third-order valence-electron chi connectivity index (χ3n) is 2.64. The van der Waals surface area contributed by atoms with Gasteiger partial charge in [0.2, 0.25) is 0 Å². The normalized spacial score (nSPS) is 9.53. The molecule has 0 radical (unpaired) electrons. The topological polar surface area (TPSA) is 36.4 Å². The number of phenols is 1. The van der Waals surface area contributed by atoms with Gasteiger partial charge in [-0.2, -0.15) is 0 Å². The summed E-state index contributed by atoms with van der Waals surface area (Å²) in [6, 6.07) is 7.41. The van der Waals surface area contributed by atoms with Crippen LogP contribution in [0.1, 0.15) is 5.56 Å². The Morgan fingerprint density at radius 3 is 2.74 bits per heavy atom. The third-order valence-corrected chi connectivity index (χ3v) is 2.64. The maximum absolute atomic E-state index is 9.72. The van der Waals surface area contributed by atoms with Crippen LogP contribution in [-0.2, 0) is 6.54 Å². The number of aromatic hydroxyl groups is 1. The summed E-state index contributed by atoms with van der Waals surface area (Å²) < 4.78 is 0. The van der Waals surface area contributed by atoms with E-state index in [4.69, 9.17) is 6.42 Å². The second-order valence-electron chi connectivity index (χ2n) is 4.02. The first-order valence-corrected chi connectivity index (χ1v) is 5.40. The van der Waals surface area contributed by atoms with Gasteiger partial charge in [0, 0.05) is 18.1 Å². The molecule has 0 saturated heterocycles. The standard InChI is InChI=1S/C14H14N2O.2ClH/c1-3-9-16(2)10-11-6-7-13(17)14-12(11)5-4-8-15-14;;/h1,4-8,17H,9-10H2,2H3;2*1H. The summed E-state index contributed by atoms with van der Waals surface area (Å²) in [4.78, 5) is 6.23. The van der Waals surface area contributed by atoms with Gasteiger partial charge in [0.25, 0.3) is 0 Å². The fraction of sp³-hybridized carbons (Fsp3) is 0.214. The lowest BCUT2D eigenvalue weighted by molar-refractivity contribution is 0.370. The molecule has 0 aliphatic heterocycles. The molecule has 1 N–H and O–H groups in total. The average Bonchev–Trinajstić information content (AvgIpc) is 2.34. The van der Waals surface area contributed by atoms with Crippen LogP contribution in [-0.4, -0.2) is 28.6 Å². The lowest BCUT2D eigenvalue weighted by Gasteiger charge is -2.15. The Bertz CT molecular complexity index is 581. The fourth-order valence-corrected chi connectivity index (χ4v) is 1.86. The van der Waals surface area contributed by atoms with E-state index in [1.54, 1.807) is 12.3 Å². The van der Waals surface area contributed by atoms with Crippen LogP contribution in [0, 0.1) is 12.3 Å². The number of halogens is 2. The number of rotatable bonds is 3. The van der Waals surface area contributed by atoms with Crippen LogP contribution in [0.2, 0.25) is 0 Å². The van der Waals surface area contributed by atoms with Crippen molar-refractivity contribution >= 4 is 35.7 Å². The summed E-state index contributed by atoms with van der Waals surface area (Å²) in [7, 11) is 1.97. The van der Waals surface area contributed by atoms with E-state index >= 15 is 0 Å². The van der Waals surface area contributed by atoms with E-state index in [1.807, 2.05) is 30.1 Å². The van der Waals surface area contributed by atoms with Crippen molar-refractivity contribution in [3.63, 3.8) is 0 Å². The minimum atomic E-state index is 0. The van der Waals surface area contributed by atoms with Gasteiger partial charge in [-0.25, -0.2) is 0 Å². The van der Waals surface area contributed by atoms with Crippen LogP contribution < -0.4 is 0 Å². The van der Waals surface area contributed by atoms with E-state index in [0.717, 1.165) is 17.5 Å². The highest BCUT2D eigenvalue weighted by Gasteiger charge is 2.07. The molecule has 3 nitrogen and oxygen atoms in total. The predicted octanol–water partition coefficient (Wildman–Crippen LogP) is 2.85. The summed E-state index contributed by atoms with van der Waals surface area (Å²) in [6.07, 6.45) is 6.95. The van der Waals surface area contributed by atoms with Crippen LogP contribution in [0.25, 0.3) is 10.9 Å². The first-order valence-electron chi connectivity index (χ1n) is 5.40. The molecule has 0 aliphatic rings. The van der Waals surface area contributed by atoms with E-state index in [-0.39, 0.29) is 30.6 Å². The second kappa shape index (κ2) is 7.85. The number of pyridine rings is 1. The molecule has 19 heavy (non-hydrogen) atoms. The van der Waals surface area contributed by atoms with E-state index in [2.05, 4.69) is 10.9 Å². The zero-order valence-electron chi connectivity index (χ0n) is 10.5. The quantitative estimate of drug-likeness (QED) is 0.885. The van der Waals surface area contributed by atoms with Crippen molar-refractivity contribution in [1.82, 2.24) is 9.88 Å². The average molecular weight is 299 g/mol. The van der Waals surface area contributed by atoms with Crippen molar-refractivity contribution in [2.75, 3.05) is 13.6 Å². The van der Waals surface area contributed by atoms with Crippen LogP contribution in [0.15, 0.2) is 30.5 Å². The molecule has 102 valence electrons. The summed E-state index contributed by atoms with van der Waals surface area (Å²) >= 11 is 0. The van der Waals surface area contributed by atoms with Gasteiger partial charge in [0.05, 0.1) is 6.54 Å². The fourth-order valence-electron chi connectivity index (χ4n) is 1.86. The van der Waals surface area contributed by atoms with Crippen molar-refractivity contribution in [1.29, 1.82) is 0 Å². The first kappa shape index (κ1) is 17.5. The number of hydrogen-bond donors (Lipinski definition) is 1. The molecule has 2 rings (SSSR count). The maximum Gasteiger partial charge on any atom is 0.141 e. The Morgan fingerprint density at radius 1 is 1.32 bits per heavy atom. The van der Waals surface area contributed by atoms with Gasteiger partial charge in [0.1, 0.15) is 11.3 Å². The van der Waals surface area contributed by atoms with Gasteiger partial charge in [-0.05, 0) is 24.7 Å². The van der Waals surface area contributed by atoms with Gasteiger partial charge in [-0.15, -0.1) is 31.2 Å².